The Kier molecular flexibility index (Phi) is 4.54. The van der Waals surface area contributed by atoms with Crippen LogP contribution in [0.25, 0.3) is 11.2 Å². The van der Waals surface area contributed by atoms with Crippen molar-refractivity contribution in [2.45, 2.75) is 26.4 Å². The predicted octanol–water partition coefficient (Wildman–Crippen LogP) is 1.46. The van der Waals surface area contributed by atoms with Crippen LogP contribution in [0.3, 0.4) is 0 Å². The maximum absolute atomic E-state index is 7.57. The third kappa shape index (κ3) is 3.12. The zero-order valence-corrected chi connectivity index (χ0v) is 13.5. The van der Waals surface area contributed by atoms with E-state index < -0.39 is 6.04 Å². The third-order valence-corrected chi connectivity index (χ3v) is 3.32. The zero-order chi connectivity index (χ0) is 16.9. The van der Waals surface area contributed by atoms with Gasteiger partial charge in [0, 0.05) is 31.7 Å². The topological polar surface area (TPSA) is 123 Å². The number of aliphatic imine (C=N–C) groups is 1. The van der Waals surface area contributed by atoms with Crippen LogP contribution < -0.4 is 5.32 Å². The third-order valence-electron chi connectivity index (χ3n) is 3.32. The van der Waals surface area contributed by atoms with Crippen molar-refractivity contribution in [3.05, 3.63) is 18.6 Å². The highest BCUT2D eigenvalue weighted by atomic mass is 15.5. The second-order valence-corrected chi connectivity index (χ2v) is 4.95. The summed E-state index contributed by atoms with van der Waals surface area (Å²) in [6.07, 6.45) is 8.07. The summed E-state index contributed by atoms with van der Waals surface area (Å²) in [5, 5.41) is 23.0. The Hall–Kier alpha value is -3.17. The number of anilines is 2. The fraction of sp³-hybridized carbons (Fsp3) is 0.357. The summed E-state index contributed by atoms with van der Waals surface area (Å²) in [5.41, 5.74) is 1.89. The monoisotopic (exact) mass is 326 g/mol. The fourth-order valence-corrected chi connectivity index (χ4v) is 2.13. The maximum atomic E-state index is 7.57. The number of aryl methyl sites for hydroxylation is 1. The molecule has 0 saturated heterocycles. The normalized spacial score (nSPS) is 12.8. The van der Waals surface area contributed by atoms with Crippen LogP contribution in [0, 0.1) is 5.41 Å². The van der Waals surface area contributed by atoms with Crippen LogP contribution in [0.15, 0.2) is 23.6 Å². The quantitative estimate of drug-likeness (QED) is 0.634. The molecule has 0 amide bonds. The Labute approximate surface area is 138 Å². The van der Waals surface area contributed by atoms with Crippen LogP contribution in [0.5, 0.6) is 0 Å². The first-order valence-corrected chi connectivity index (χ1v) is 7.63. The highest BCUT2D eigenvalue weighted by Gasteiger charge is 2.14. The first-order valence-electron chi connectivity index (χ1n) is 7.63. The number of aromatic nitrogens is 7. The number of hydrogen-bond donors (Lipinski definition) is 2. The molecule has 0 saturated carbocycles. The number of nitrogens with one attached hydrogen (secondary N) is 2. The van der Waals surface area contributed by atoms with E-state index >= 15 is 0 Å². The second-order valence-electron chi connectivity index (χ2n) is 4.95. The van der Waals surface area contributed by atoms with Crippen LogP contribution in [0.2, 0.25) is 0 Å². The minimum absolute atomic E-state index is 0.415. The van der Waals surface area contributed by atoms with E-state index in [4.69, 9.17) is 5.41 Å². The molecule has 3 rings (SSSR count). The van der Waals surface area contributed by atoms with E-state index in [1.807, 2.05) is 20.0 Å². The van der Waals surface area contributed by atoms with E-state index in [2.05, 4.69) is 35.7 Å². The second kappa shape index (κ2) is 6.94. The first kappa shape index (κ1) is 15.7. The van der Waals surface area contributed by atoms with Gasteiger partial charge >= 0.3 is 0 Å². The smallest absolute Gasteiger partial charge is 0.229 e. The van der Waals surface area contributed by atoms with Gasteiger partial charge in [-0.15, -0.1) is 5.10 Å². The predicted molar refractivity (Wildman–Crippen MR) is 91.2 cm³/mol. The molecule has 1 atom stereocenters. The van der Waals surface area contributed by atoms with Gasteiger partial charge < -0.3 is 10.7 Å². The molecule has 1 unspecified atom stereocenters. The van der Waals surface area contributed by atoms with E-state index in [0.717, 1.165) is 12.2 Å². The van der Waals surface area contributed by atoms with Crippen molar-refractivity contribution in [2.24, 2.45) is 4.99 Å². The van der Waals surface area contributed by atoms with Gasteiger partial charge in [0.15, 0.2) is 11.2 Å². The zero-order valence-electron chi connectivity index (χ0n) is 13.5. The molecule has 10 heteroatoms. The van der Waals surface area contributed by atoms with Crippen molar-refractivity contribution in [2.75, 3.05) is 11.9 Å². The van der Waals surface area contributed by atoms with Crippen molar-refractivity contribution in [1.82, 2.24) is 34.7 Å². The molecule has 0 aliphatic carbocycles. The Morgan fingerprint density at radius 3 is 2.96 bits per heavy atom. The van der Waals surface area contributed by atoms with Crippen LogP contribution in [0.4, 0.5) is 11.6 Å². The van der Waals surface area contributed by atoms with E-state index in [9.17, 15) is 0 Å². The van der Waals surface area contributed by atoms with Crippen molar-refractivity contribution in [1.29, 1.82) is 5.41 Å². The van der Waals surface area contributed by atoms with E-state index in [-0.39, 0.29) is 0 Å². The molecule has 3 aromatic rings. The number of nitrogens with zero attached hydrogens (tertiary/aromatic N) is 8. The standard InChI is InChI=1S/C14H18N10/c1-3-16-7-11(5-15)24-13-12(21-22-24)8-17-14(20-13)19-10-6-18-23(4-2)9-10/h5-9,11,15H,3-4H2,1-2H3,(H,17,19,20). The van der Waals surface area contributed by atoms with Gasteiger partial charge in [-0.2, -0.15) is 10.1 Å². The van der Waals surface area contributed by atoms with Crippen LogP contribution in [-0.4, -0.2) is 53.7 Å². The van der Waals surface area contributed by atoms with Crippen molar-refractivity contribution >= 4 is 35.2 Å². The molecule has 0 fully saturated rings. The van der Waals surface area contributed by atoms with Gasteiger partial charge in [0.2, 0.25) is 5.95 Å². The molecule has 10 nitrogen and oxygen atoms in total. The summed E-state index contributed by atoms with van der Waals surface area (Å²) < 4.78 is 3.35. The lowest BCUT2D eigenvalue weighted by Gasteiger charge is -2.07. The van der Waals surface area contributed by atoms with Gasteiger partial charge in [-0.3, -0.25) is 9.67 Å². The number of hydrogen-bond acceptors (Lipinski definition) is 8. The Morgan fingerprint density at radius 1 is 1.38 bits per heavy atom. The van der Waals surface area contributed by atoms with Gasteiger partial charge in [-0.05, 0) is 13.8 Å². The molecular formula is C14H18N10. The van der Waals surface area contributed by atoms with Crippen molar-refractivity contribution in [3.8, 4) is 0 Å². The molecule has 0 radical (unpaired) electrons. The van der Waals surface area contributed by atoms with Crippen LogP contribution in [-0.2, 0) is 6.54 Å². The molecule has 0 aromatic carbocycles. The lowest BCUT2D eigenvalue weighted by Crippen LogP contribution is -2.14. The van der Waals surface area contributed by atoms with E-state index in [1.165, 1.54) is 6.21 Å². The molecule has 24 heavy (non-hydrogen) atoms. The van der Waals surface area contributed by atoms with Crippen LogP contribution in [0.1, 0.15) is 19.9 Å². The van der Waals surface area contributed by atoms with Crippen molar-refractivity contribution in [3.63, 3.8) is 0 Å². The molecule has 0 bridgehead atoms. The molecule has 2 N–H and O–H groups in total. The Bertz CT molecular complexity index is 861. The summed E-state index contributed by atoms with van der Waals surface area (Å²) in [4.78, 5) is 12.9. The van der Waals surface area contributed by atoms with Gasteiger partial charge in [-0.25, -0.2) is 9.67 Å². The minimum atomic E-state index is -0.430. The van der Waals surface area contributed by atoms with Gasteiger partial charge in [0.1, 0.15) is 6.04 Å². The highest BCUT2D eigenvalue weighted by molar-refractivity contribution is 5.86. The SMILES string of the molecule is CCN=CC(C=N)n1nnc2cnc(Nc3cnn(CC)c3)nc21. The Balaban J connectivity index is 1.92. The molecule has 124 valence electrons. The first-order chi connectivity index (χ1) is 11.7. The van der Waals surface area contributed by atoms with Gasteiger partial charge in [0.25, 0.3) is 0 Å². The summed E-state index contributed by atoms with van der Waals surface area (Å²) in [6, 6.07) is -0.430. The molecule has 0 aliphatic heterocycles. The summed E-state index contributed by atoms with van der Waals surface area (Å²) in [5.74, 6) is 0.415. The molecular weight excluding hydrogens is 308 g/mol. The Morgan fingerprint density at radius 2 is 2.25 bits per heavy atom. The molecule has 3 aromatic heterocycles. The average molecular weight is 326 g/mol. The molecule has 3 heterocycles. The average Bonchev–Trinajstić information content (AvgIpc) is 3.22. The molecule has 0 spiro atoms. The minimum Gasteiger partial charge on any atom is -0.321 e. The van der Waals surface area contributed by atoms with E-state index in [1.54, 1.807) is 28.0 Å². The van der Waals surface area contributed by atoms with E-state index in [0.29, 0.717) is 23.7 Å². The fourth-order valence-electron chi connectivity index (χ4n) is 2.13. The van der Waals surface area contributed by atoms with Crippen LogP contribution >= 0.6 is 0 Å². The largest absolute Gasteiger partial charge is 0.321 e. The van der Waals surface area contributed by atoms with Crippen molar-refractivity contribution < 1.29 is 0 Å². The lowest BCUT2D eigenvalue weighted by molar-refractivity contribution is 0.660. The lowest BCUT2D eigenvalue weighted by atomic mass is 10.3. The summed E-state index contributed by atoms with van der Waals surface area (Å²) >= 11 is 0. The summed E-state index contributed by atoms with van der Waals surface area (Å²) in [6.45, 7) is 5.37. The van der Waals surface area contributed by atoms with Gasteiger partial charge in [0.05, 0.1) is 18.1 Å². The molecule has 0 aliphatic rings. The number of rotatable bonds is 7. The number of fused-ring (bicyclic) bond motifs is 1. The van der Waals surface area contributed by atoms with Gasteiger partial charge in [-0.1, -0.05) is 5.21 Å². The maximum Gasteiger partial charge on any atom is 0.229 e. The highest BCUT2D eigenvalue weighted by Crippen LogP contribution is 2.16. The summed E-state index contributed by atoms with van der Waals surface area (Å²) in [7, 11) is 0.